The number of hydrogen-bond acceptors (Lipinski definition) is 5. The van der Waals surface area contributed by atoms with Gasteiger partial charge in [-0.15, -0.1) is 0 Å². The van der Waals surface area contributed by atoms with E-state index in [1.165, 1.54) is 0 Å². The normalized spacial score (nSPS) is 10.7. The van der Waals surface area contributed by atoms with E-state index in [0.717, 1.165) is 11.1 Å². The number of alkyl halides is 2. The molecule has 0 radical (unpaired) electrons. The third kappa shape index (κ3) is 12.2. The van der Waals surface area contributed by atoms with Gasteiger partial charge in [0.05, 0.1) is 10.7 Å². The monoisotopic (exact) mass is 570 g/mol. The molecule has 2 aromatic carbocycles. The Kier molecular flexibility index (Phi) is 13.6. The first-order valence-corrected chi connectivity index (χ1v) is 11.7. The highest BCUT2D eigenvalue weighted by Gasteiger charge is 2.22. The van der Waals surface area contributed by atoms with Crippen LogP contribution in [0.5, 0.6) is 0 Å². The lowest BCUT2D eigenvalue weighted by Gasteiger charge is -2.18. The fourth-order valence-electron chi connectivity index (χ4n) is 2.29. The predicted octanol–water partition coefficient (Wildman–Crippen LogP) is 3.07. The van der Waals surface area contributed by atoms with Crippen LogP contribution >= 0.6 is 31.9 Å². The van der Waals surface area contributed by atoms with Crippen LogP contribution in [0.4, 0.5) is 4.79 Å². The number of ether oxygens (including phenoxy) is 1. The van der Waals surface area contributed by atoms with Crippen LogP contribution in [0.3, 0.4) is 0 Å². The summed E-state index contributed by atoms with van der Waals surface area (Å²) in [4.78, 5) is 45.0. The van der Waals surface area contributed by atoms with Gasteiger partial charge in [0.2, 0.25) is 5.91 Å². The molecule has 172 valence electrons. The van der Waals surface area contributed by atoms with Gasteiger partial charge in [-0.05, 0) is 11.1 Å². The topological polar surface area (TPSA) is 122 Å². The molecule has 10 heteroatoms. The van der Waals surface area contributed by atoms with Crippen LogP contribution in [0.2, 0.25) is 0 Å². The Morgan fingerprint density at radius 2 is 1.41 bits per heavy atom. The Morgan fingerprint density at radius 3 is 1.88 bits per heavy atom. The number of rotatable bonds is 10. The van der Waals surface area contributed by atoms with Crippen molar-refractivity contribution in [3.05, 3.63) is 71.8 Å². The quantitative estimate of drug-likeness (QED) is 0.377. The smallest absolute Gasteiger partial charge is 0.408 e. The third-order valence-electron chi connectivity index (χ3n) is 3.82. The van der Waals surface area contributed by atoms with Crippen molar-refractivity contribution >= 4 is 55.6 Å². The van der Waals surface area contributed by atoms with E-state index in [9.17, 15) is 19.2 Å². The molecule has 0 aliphatic rings. The van der Waals surface area contributed by atoms with Crippen LogP contribution in [-0.4, -0.2) is 52.1 Å². The van der Waals surface area contributed by atoms with Crippen molar-refractivity contribution in [2.24, 2.45) is 0 Å². The van der Waals surface area contributed by atoms with Crippen LogP contribution in [0.1, 0.15) is 11.1 Å². The summed E-state index contributed by atoms with van der Waals surface area (Å²) >= 11 is 5.99. The number of aliphatic carboxylic acids is 1. The number of carbonyl (C=O) groups is 4. The highest BCUT2D eigenvalue weighted by molar-refractivity contribution is 9.10. The highest BCUT2D eigenvalue weighted by Crippen LogP contribution is 2.05. The maximum absolute atomic E-state index is 12.2. The molecule has 0 fully saturated rings. The third-order valence-corrected chi connectivity index (χ3v) is 5.07. The molecule has 1 atom stereocenters. The predicted molar refractivity (Wildman–Crippen MR) is 127 cm³/mol. The molecule has 0 aliphatic heterocycles. The van der Waals surface area contributed by atoms with Gasteiger partial charge in [-0.1, -0.05) is 92.5 Å². The number of carboxylic acids is 1. The summed E-state index contributed by atoms with van der Waals surface area (Å²) < 4.78 is 5.13. The summed E-state index contributed by atoms with van der Waals surface area (Å²) in [6, 6.07) is 17.3. The van der Waals surface area contributed by atoms with Gasteiger partial charge in [0.15, 0.2) is 5.78 Å². The van der Waals surface area contributed by atoms with Gasteiger partial charge in [0.1, 0.15) is 19.2 Å². The average Bonchev–Trinajstić information content (AvgIpc) is 2.82. The number of carboxylic acid groups (broad SMARTS) is 1. The van der Waals surface area contributed by atoms with Crippen LogP contribution < -0.4 is 10.6 Å². The van der Waals surface area contributed by atoms with Crippen LogP contribution in [0, 0.1) is 0 Å². The molecule has 0 bridgehead atoms. The summed E-state index contributed by atoms with van der Waals surface area (Å²) in [5.41, 5.74) is 1.64. The number of Topliss-reactive ketones (excluding diaryl/α,β-unsaturated/α-hetero) is 1. The lowest BCUT2D eigenvalue weighted by molar-refractivity contribution is -0.138. The molecule has 8 nitrogen and oxygen atoms in total. The summed E-state index contributed by atoms with van der Waals surface area (Å²) in [5, 5.41) is 14.4. The number of amides is 2. The van der Waals surface area contributed by atoms with E-state index in [1.54, 1.807) is 0 Å². The highest BCUT2D eigenvalue weighted by atomic mass is 79.9. The Hall–Kier alpha value is -2.72. The molecule has 0 aromatic heterocycles. The molecule has 0 heterocycles. The second-order valence-electron chi connectivity index (χ2n) is 6.37. The molecular formula is C22H24Br2N2O6. The minimum Gasteiger partial charge on any atom is -0.480 e. The molecule has 0 spiro atoms. The molecule has 0 unspecified atom stereocenters. The summed E-state index contributed by atoms with van der Waals surface area (Å²) in [6.45, 7) is -0.452. The average molecular weight is 572 g/mol. The van der Waals surface area contributed by atoms with Crippen molar-refractivity contribution in [3.63, 3.8) is 0 Å². The Balaban J connectivity index is 0.000000751. The Labute approximate surface area is 203 Å². The van der Waals surface area contributed by atoms with Crippen molar-refractivity contribution in [2.45, 2.75) is 19.1 Å². The fourth-order valence-corrected chi connectivity index (χ4v) is 3.22. The minimum absolute atomic E-state index is 0.0709. The first kappa shape index (κ1) is 27.3. The van der Waals surface area contributed by atoms with E-state index in [4.69, 9.17) is 9.84 Å². The Morgan fingerprint density at radius 1 is 0.875 bits per heavy atom. The molecule has 0 saturated carbocycles. The summed E-state index contributed by atoms with van der Waals surface area (Å²) in [5.74, 6) is -1.58. The van der Waals surface area contributed by atoms with Crippen molar-refractivity contribution in [2.75, 3.05) is 17.2 Å². The zero-order valence-electron chi connectivity index (χ0n) is 17.1. The van der Waals surface area contributed by atoms with Crippen LogP contribution in [-0.2, 0) is 32.1 Å². The van der Waals surface area contributed by atoms with Gasteiger partial charge in [-0.2, -0.15) is 0 Å². The van der Waals surface area contributed by atoms with Crippen molar-refractivity contribution in [3.8, 4) is 0 Å². The van der Waals surface area contributed by atoms with E-state index in [-0.39, 0.29) is 18.8 Å². The second kappa shape index (κ2) is 16.0. The van der Waals surface area contributed by atoms with Crippen molar-refractivity contribution in [1.29, 1.82) is 0 Å². The maximum Gasteiger partial charge on any atom is 0.408 e. The number of benzene rings is 2. The SMILES string of the molecule is O=C(CBr)CBr.O=C(O)CNC(=O)[C@H](Cc1ccccc1)NC(=O)OCc1ccccc1. The van der Waals surface area contributed by atoms with Crippen LogP contribution in [0.15, 0.2) is 60.7 Å². The van der Waals surface area contributed by atoms with E-state index in [1.807, 2.05) is 60.7 Å². The van der Waals surface area contributed by atoms with Crippen LogP contribution in [0.25, 0.3) is 0 Å². The Bertz CT molecular complexity index is 859. The lowest BCUT2D eigenvalue weighted by Crippen LogP contribution is -2.49. The van der Waals surface area contributed by atoms with Gasteiger partial charge in [-0.25, -0.2) is 4.79 Å². The number of alkyl carbamates (subject to hydrolysis) is 1. The molecule has 0 saturated heterocycles. The molecule has 0 aliphatic carbocycles. The molecule has 3 N–H and O–H groups in total. The van der Waals surface area contributed by atoms with Crippen molar-refractivity contribution < 1.29 is 29.0 Å². The van der Waals surface area contributed by atoms with Gasteiger partial charge < -0.3 is 20.5 Å². The zero-order chi connectivity index (χ0) is 23.8. The standard InChI is InChI=1S/C19H20N2O5.C3H4Br2O/c22-17(23)12-20-18(24)16(11-14-7-3-1-4-8-14)21-19(25)26-13-15-9-5-2-6-10-15;4-1-3(6)2-5/h1-10,16H,11-13H2,(H,20,24)(H,21,25)(H,22,23);1-2H2/t16-;/m0./s1. The second-order valence-corrected chi connectivity index (χ2v) is 7.49. The summed E-state index contributed by atoms with van der Waals surface area (Å²) in [6.07, 6.45) is -0.535. The number of halogens is 2. The largest absolute Gasteiger partial charge is 0.480 e. The van der Waals surface area contributed by atoms with Gasteiger partial charge >= 0.3 is 12.1 Å². The fraction of sp³-hybridized carbons (Fsp3) is 0.273. The maximum atomic E-state index is 12.2. The van der Waals surface area contributed by atoms with E-state index >= 15 is 0 Å². The number of nitrogens with one attached hydrogen (secondary N) is 2. The summed E-state index contributed by atoms with van der Waals surface area (Å²) in [7, 11) is 0. The molecular weight excluding hydrogens is 548 g/mol. The van der Waals surface area contributed by atoms with E-state index in [2.05, 4.69) is 42.5 Å². The van der Waals surface area contributed by atoms with Gasteiger partial charge in [0, 0.05) is 6.42 Å². The van der Waals surface area contributed by atoms with Crippen molar-refractivity contribution in [1.82, 2.24) is 10.6 Å². The van der Waals surface area contributed by atoms with E-state index < -0.39 is 30.6 Å². The molecule has 32 heavy (non-hydrogen) atoms. The minimum atomic E-state index is -1.16. The number of carbonyl (C=O) groups excluding carboxylic acids is 3. The lowest BCUT2D eigenvalue weighted by atomic mass is 10.1. The zero-order valence-corrected chi connectivity index (χ0v) is 20.3. The molecule has 2 amide bonds. The molecule has 2 aromatic rings. The first-order valence-electron chi connectivity index (χ1n) is 9.50. The van der Waals surface area contributed by atoms with Gasteiger partial charge in [0.25, 0.3) is 0 Å². The van der Waals surface area contributed by atoms with Gasteiger partial charge in [-0.3, -0.25) is 14.4 Å². The van der Waals surface area contributed by atoms with E-state index in [0.29, 0.717) is 10.7 Å². The number of hydrogen-bond donors (Lipinski definition) is 3. The number of ketones is 1. The first-order chi connectivity index (χ1) is 15.3. The molecule has 2 rings (SSSR count).